The second kappa shape index (κ2) is 6.46. The molecule has 6 heteroatoms. The molecule has 2 amide bonds. The molecule has 1 aliphatic rings. The predicted octanol–water partition coefficient (Wildman–Crippen LogP) is 4.10. The first kappa shape index (κ1) is 15.0. The van der Waals surface area contributed by atoms with Crippen LogP contribution in [0.5, 0.6) is 5.75 Å². The van der Waals surface area contributed by atoms with Gasteiger partial charge in [0.2, 0.25) is 0 Å². The number of hydrogen-bond donors (Lipinski definition) is 1. The van der Waals surface area contributed by atoms with Gasteiger partial charge < -0.3 is 10.1 Å². The molecule has 0 aromatic heterocycles. The lowest BCUT2D eigenvalue weighted by atomic mass is 10.2. The van der Waals surface area contributed by atoms with E-state index in [1.54, 1.807) is 23.1 Å². The molecule has 22 heavy (non-hydrogen) atoms. The van der Waals surface area contributed by atoms with Crippen LogP contribution in [0.4, 0.5) is 10.5 Å². The maximum atomic E-state index is 12.2. The van der Waals surface area contributed by atoms with Gasteiger partial charge in [-0.2, -0.15) is 0 Å². The first-order valence-corrected chi connectivity index (χ1v) is 7.62. The fourth-order valence-electron chi connectivity index (χ4n) is 2.41. The summed E-state index contributed by atoms with van der Waals surface area (Å²) in [5.74, 6) is 0.480. The van der Waals surface area contributed by atoms with E-state index in [0.717, 1.165) is 12.1 Å². The number of rotatable bonds is 3. The van der Waals surface area contributed by atoms with Gasteiger partial charge in [0, 0.05) is 17.3 Å². The minimum atomic E-state index is -0.185. The summed E-state index contributed by atoms with van der Waals surface area (Å²) in [6, 6.07) is 12.6. The molecule has 0 fully saturated rings. The molecular formula is C16H14Cl2N2O2. The number of ether oxygens (including phenoxy) is 1. The number of carbonyl (C=O) groups is 1. The number of halogens is 2. The van der Waals surface area contributed by atoms with Crippen molar-refractivity contribution in [1.29, 1.82) is 0 Å². The van der Waals surface area contributed by atoms with Crippen LogP contribution in [0, 0.1) is 0 Å². The molecule has 0 atom stereocenters. The lowest BCUT2D eigenvalue weighted by Gasteiger charge is -2.18. The molecule has 1 aliphatic heterocycles. The molecule has 114 valence electrons. The van der Waals surface area contributed by atoms with E-state index in [9.17, 15) is 4.79 Å². The average Bonchev–Trinajstić information content (AvgIpc) is 2.93. The number of hydrogen-bond acceptors (Lipinski definition) is 2. The summed E-state index contributed by atoms with van der Waals surface area (Å²) in [5, 5.41) is 3.68. The maximum Gasteiger partial charge on any atom is 0.324 e. The van der Waals surface area contributed by atoms with Crippen LogP contribution in [0.1, 0.15) is 5.56 Å². The van der Waals surface area contributed by atoms with Gasteiger partial charge in [-0.1, -0.05) is 41.4 Å². The van der Waals surface area contributed by atoms with E-state index < -0.39 is 0 Å². The molecule has 0 saturated heterocycles. The Morgan fingerprint density at radius 3 is 2.86 bits per heavy atom. The zero-order chi connectivity index (χ0) is 15.5. The highest BCUT2D eigenvalue weighted by molar-refractivity contribution is 6.35. The van der Waals surface area contributed by atoms with Crippen molar-refractivity contribution in [2.45, 2.75) is 6.42 Å². The van der Waals surface area contributed by atoms with Crippen molar-refractivity contribution in [3.05, 3.63) is 58.1 Å². The topological polar surface area (TPSA) is 41.6 Å². The van der Waals surface area contributed by atoms with Gasteiger partial charge in [-0.05, 0) is 36.2 Å². The number of amides is 2. The third-order valence-corrected chi connectivity index (χ3v) is 4.01. The lowest BCUT2D eigenvalue weighted by Crippen LogP contribution is -2.40. The summed E-state index contributed by atoms with van der Waals surface area (Å²) < 4.78 is 5.46. The van der Waals surface area contributed by atoms with E-state index in [-0.39, 0.29) is 12.8 Å². The van der Waals surface area contributed by atoms with E-state index >= 15 is 0 Å². The number of fused-ring (bicyclic) bond motifs is 1. The van der Waals surface area contributed by atoms with Crippen molar-refractivity contribution >= 4 is 34.9 Å². The molecule has 1 heterocycles. The van der Waals surface area contributed by atoms with Crippen LogP contribution in [0.3, 0.4) is 0 Å². The lowest BCUT2D eigenvalue weighted by molar-refractivity contribution is 0.229. The highest BCUT2D eigenvalue weighted by Crippen LogP contribution is 2.28. The monoisotopic (exact) mass is 336 g/mol. The third-order valence-electron chi connectivity index (χ3n) is 3.48. The molecule has 0 bridgehead atoms. The zero-order valence-electron chi connectivity index (χ0n) is 11.7. The Balaban J connectivity index is 1.57. The first-order chi connectivity index (χ1) is 10.6. The van der Waals surface area contributed by atoms with E-state index in [0.29, 0.717) is 22.3 Å². The van der Waals surface area contributed by atoms with Gasteiger partial charge in [-0.25, -0.2) is 4.79 Å². The van der Waals surface area contributed by atoms with Crippen LogP contribution >= 0.6 is 23.2 Å². The number of para-hydroxylation sites is 1. The Hall–Kier alpha value is -1.91. The standard InChI is InChI=1S/C16H14Cl2N2O2/c17-12-5-6-15(13(18)9-12)22-10-19-16(21)20-8-7-11-3-1-2-4-14(11)20/h1-6,9H,7-8,10H2,(H,19,21). The van der Waals surface area contributed by atoms with Crippen molar-refractivity contribution in [3.63, 3.8) is 0 Å². The Morgan fingerprint density at radius 2 is 2.05 bits per heavy atom. The molecule has 0 unspecified atom stereocenters. The summed E-state index contributed by atoms with van der Waals surface area (Å²) in [6.07, 6.45) is 0.869. The van der Waals surface area contributed by atoms with Gasteiger partial charge in [-0.3, -0.25) is 4.90 Å². The number of carbonyl (C=O) groups excluding carboxylic acids is 1. The SMILES string of the molecule is O=C(NCOc1ccc(Cl)cc1Cl)N1CCc2ccccc21. The van der Waals surface area contributed by atoms with E-state index in [1.807, 2.05) is 24.3 Å². The molecule has 2 aromatic rings. The van der Waals surface area contributed by atoms with Gasteiger partial charge >= 0.3 is 6.03 Å². The second-order valence-electron chi connectivity index (χ2n) is 4.88. The Kier molecular flexibility index (Phi) is 4.41. The van der Waals surface area contributed by atoms with Crippen molar-refractivity contribution in [2.24, 2.45) is 0 Å². The van der Waals surface area contributed by atoms with Crippen molar-refractivity contribution in [3.8, 4) is 5.75 Å². The summed E-state index contributed by atoms with van der Waals surface area (Å²) in [5.41, 5.74) is 2.13. The van der Waals surface area contributed by atoms with Crippen LogP contribution in [0.25, 0.3) is 0 Å². The molecule has 1 N–H and O–H groups in total. The molecule has 0 radical (unpaired) electrons. The van der Waals surface area contributed by atoms with E-state index in [2.05, 4.69) is 5.32 Å². The van der Waals surface area contributed by atoms with Crippen molar-refractivity contribution < 1.29 is 9.53 Å². The van der Waals surface area contributed by atoms with Gasteiger partial charge in [0.25, 0.3) is 0 Å². The van der Waals surface area contributed by atoms with Gasteiger partial charge in [0.15, 0.2) is 6.73 Å². The highest BCUT2D eigenvalue weighted by Gasteiger charge is 2.23. The van der Waals surface area contributed by atoms with Crippen LogP contribution < -0.4 is 15.0 Å². The molecule has 0 aliphatic carbocycles. The summed E-state index contributed by atoms with van der Waals surface area (Å²) in [6.45, 7) is 0.714. The molecule has 4 nitrogen and oxygen atoms in total. The normalized spacial score (nSPS) is 12.9. The van der Waals surface area contributed by atoms with Gasteiger partial charge in [0.1, 0.15) is 5.75 Å². The first-order valence-electron chi connectivity index (χ1n) is 6.86. The summed E-state index contributed by atoms with van der Waals surface area (Å²) in [4.78, 5) is 13.9. The summed E-state index contributed by atoms with van der Waals surface area (Å²) in [7, 11) is 0. The predicted molar refractivity (Wildman–Crippen MR) is 88.0 cm³/mol. The van der Waals surface area contributed by atoms with E-state index in [4.69, 9.17) is 27.9 Å². The second-order valence-corrected chi connectivity index (χ2v) is 5.72. The van der Waals surface area contributed by atoms with Crippen LogP contribution in [-0.4, -0.2) is 19.3 Å². The van der Waals surface area contributed by atoms with E-state index in [1.165, 1.54) is 5.56 Å². The number of urea groups is 1. The summed E-state index contributed by atoms with van der Waals surface area (Å²) >= 11 is 11.8. The van der Waals surface area contributed by atoms with Crippen LogP contribution in [0.2, 0.25) is 10.0 Å². The molecule has 0 saturated carbocycles. The third kappa shape index (κ3) is 3.13. The number of nitrogens with zero attached hydrogens (tertiary/aromatic N) is 1. The fraction of sp³-hybridized carbons (Fsp3) is 0.188. The minimum absolute atomic E-state index is 0.0405. The highest BCUT2D eigenvalue weighted by atomic mass is 35.5. The van der Waals surface area contributed by atoms with Crippen LogP contribution in [0.15, 0.2) is 42.5 Å². The largest absolute Gasteiger partial charge is 0.472 e. The molecule has 3 rings (SSSR count). The fourth-order valence-corrected chi connectivity index (χ4v) is 2.88. The van der Waals surface area contributed by atoms with Crippen molar-refractivity contribution in [1.82, 2.24) is 5.32 Å². The minimum Gasteiger partial charge on any atom is -0.472 e. The molecule has 0 spiro atoms. The smallest absolute Gasteiger partial charge is 0.324 e. The van der Waals surface area contributed by atoms with Crippen molar-refractivity contribution in [2.75, 3.05) is 18.2 Å². The van der Waals surface area contributed by atoms with Crippen LogP contribution in [-0.2, 0) is 6.42 Å². The Morgan fingerprint density at radius 1 is 1.23 bits per heavy atom. The zero-order valence-corrected chi connectivity index (χ0v) is 13.2. The number of benzene rings is 2. The number of anilines is 1. The number of nitrogens with one attached hydrogen (secondary N) is 1. The average molecular weight is 337 g/mol. The Labute approximate surface area is 138 Å². The quantitative estimate of drug-likeness (QED) is 0.857. The van der Waals surface area contributed by atoms with Gasteiger partial charge in [0.05, 0.1) is 5.02 Å². The van der Waals surface area contributed by atoms with Gasteiger partial charge in [-0.15, -0.1) is 0 Å². The molecular weight excluding hydrogens is 323 g/mol. The Bertz CT molecular complexity index is 706. The maximum absolute atomic E-state index is 12.2. The molecule has 2 aromatic carbocycles.